The van der Waals surface area contributed by atoms with Crippen molar-refractivity contribution in [3.63, 3.8) is 0 Å². The lowest BCUT2D eigenvalue weighted by Crippen LogP contribution is -2.15. The average molecular weight is 410 g/mol. The molecule has 0 spiro atoms. The van der Waals surface area contributed by atoms with Crippen LogP contribution < -0.4 is 5.32 Å². The van der Waals surface area contributed by atoms with Gasteiger partial charge in [-0.25, -0.2) is 9.50 Å². The van der Waals surface area contributed by atoms with Crippen molar-refractivity contribution in [1.82, 2.24) is 14.6 Å². The Morgan fingerprint density at radius 1 is 1.00 bits per heavy atom. The van der Waals surface area contributed by atoms with Crippen molar-refractivity contribution in [3.05, 3.63) is 83.2 Å². The summed E-state index contributed by atoms with van der Waals surface area (Å²) in [6.07, 6.45) is -3.57. The summed E-state index contributed by atoms with van der Waals surface area (Å²) in [5, 5.41) is 6.48. The number of halogens is 3. The lowest BCUT2D eigenvalue weighted by molar-refractivity contribution is -0.142. The Hall–Kier alpha value is -3.68. The molecule has 0 saturated heterocycles. The summed E-state index contributed by atoms with van der Waals surface area (Å²) in [6, 6.07) is 15.0. The number of hydrogen-bond acceptors (Lipinski definition) is 3. The van der Waals surface area contributed by atoms with Crippen molar-refractivity contribution in [2.24, 2.45) is 0 Å². The fraction of sp³-hybridized carbons (Fsp3) is 0.136. The molecule has 1 amide bonds. The second-order valence-corrected chi connectivity index (χ2v) is 7.01. The molecule has 0 atom stereocenters. The maximum Gasteiger partial charge on any atom is 0.433 e. The number of benzene rings is 2. The molecule has 30 heavy (non-hydrogen) atoms. The molecule has 0 radical (unpaired) electrons. The van der Waals surface area contributed by atoms with Gasteiger partial charge in [0.2, 0.25) is 0 Å². The van der Waals surface area contributed by atoms with Crippen molar-refractivity contribution in [2.75, 3.05) is 5.32 Å². The van der Waals surface area contributed by atoms with Crippen molar-refractivity contribution < 1.29 is 18.0 Å². The molecule has 5 nitrogen and oxygen atoms in total. The van der Waals surface area contributed by atoms with Crippen molar-refractivity contribution >= 4 is 17.2 Å². The van der Waals surface area contributed by atoms with E-state index in [1.165, 1.54) is 0 Å². The number of carbonyl (C=O) groups excluding carboxylic acids is 1. The predicted octanol–water partition coefficient (Wildman–Crippen LogP) is 5.28. The summed E-state index contributed by atoms with van der Waals surface area (Å²) >= 11 is 0. The first-order valence-corrected chi connectivity index (χ1v) is 9.13. The van der Waals surface area contributed by atoms with E-state index >= 15 is 0 Å². The molecule has 0 saturated carbocycles. The minimum absolute atomic E-state index is 0.0454. The predicted molar refractivity (Wildman–Crippen MR) is 107 cm³/mol. The highest BCUT2D eigenvalue weighted by Gasteiger charge is 2.36. The zero-order valence-electron chi connectivity index (χ0n) is 16.2. The number of aryl methyl sites for hydroxylation is 2. The molecular formula is C22H17F3N4O. The summed E-state index contributed by atoms with van der Waals surface area (Å²) in [7, 11) is 0. The number of rotatable bonds is 3. The van der Waals surface area contributed by atoms with Gasteiger partial charge in [0, 0.05) is 11.3 Å². The first-order chi connectivity index (χ1) is 14.2. The van der Waals surface area contributed by atoms with Gasteiger partial charge >= 0.3 is 6.18 Å². The summed E-state index contributed by atoms with van der Waals surface area (Å²) < 4.78 is 41.7. The smallest absolute Gasteiger partial charge is 0.322 e. The van der Waals surface area contributed by atoms with Crippen LogP contribution in [0.3, 0.4) is 0 Å². The molecule has 4 aromatic rings. The van der Waals surface area contributed by atoms with Gasteiger partial charge in [0.25, 0.3) is 5.91 Å². The fourth-order valence-corrected chi connectivity index (χ4v) is 3.12. The van der Waals surface area contributed by atoms with Gasteiger partial charge in [0.1, 0.15) is 5.56 Å². The molecule has 0 aliphatic carbocycles. The maximum absolute atomic E-state index is 13.7. The third-order valence-electron chi connectivity index (χ3n) is 4.63. The van der Waals surface area contributed by atoms with Crippen LogP contribution in [-0.4, -0.2) is 20.5 Å². The SMILES string of the molecule is Cc1ccc(-c2cc(C(F)(F)F)n3ncc(C(=O)Nc4cccc(C)c4)c3n2)cc1. The third-order valence-corrected chi connectivity index (χ3v) is 4.63. The molecule has 1 N–H and O–H groups in total. The van der Waals surface area contributed by atoms with Gasteiger partial charge in [-0.3, -0.25) is 4.79 Å². The van der Waals surface area contributed by atoms with Crippen LogP contribution >= 0.6 is 0 Å². The van der Waals surface area contributed by atoms with Gasteiger partial charge in [-0.1, -0.05) is 42.0 Å². The number of anilines is 1. The number of hydrogen-bond donors (Lipinski definition) is 1. The maximum atomic E-state index is 13.7. The highest BCUT2D eigenvalue weighted by molar-refractivity contribution is 6.08. The van der Waals surface area contributed by atoms with Crippen LogP contribution in [0, 0.1) is 13.8 Å². The number of nitrogens with zero attached hydrogens (tertiary/aromatic N) is 3. The second-order valence-electron chi connectivity index (χ2n) is 7.01. The third kappa shape index (κ3) is 3.76. The summed E-state index contributed by atoms with van der Waals surface area (Å²) in [5.74, 6) is -0.586. The summed E-state index contributed by atoms with van der Waals surface area (Å²) in [6.45, 7) is 3.75. The minimum Gasteiger partial charge on any atom is -0.322 e. The Bertz CT molecular complexity index is 1240. The molecule has 0 aliphatic heterocycles. The quantitative estimate of drug-likeness (QED) is 0.500. The number of amides is 1. The number of aromatic nitrogens is 3. The Kier molecular flexibility index (Phi) is 4.77. The van der Waals surface area contributed by atoms with Crippen molar-refractivity contribution in [2.45, 2.75) is 20.0 Å². The Balaban J connectivity index is 1.84. The Morgan fingerprint density at radius 3 is 2.40 bits per heavy atom. The fourth-order valence-electron chi connectivity index (χ4n) is 3.12. The second kappa shape index (κ2) is 7.29. The number of carbonyl (C=O) groups is 1. The Labute approximate surface area is 170 Å². The number of nitrogens with one attached hydrogen (secondary N) is 1. The van der Waals surface area contributed by atoms with E-state index in [0.29, 0.717) is 15.8 Å². The highest BCUT2D eigenvalue weighted by atomic mass is 19.4. The van der Waals surface area contributed by atoms with Gasteiger partial charge in [-0.2, -0.15) is 18.3 Å². The van der Waals surface area contributed by atoms with E-state index in [2.05, 4.69) is 15.4 Å². The first-order valence-electron chi connectivity index (χ1n) is 9.13. The topological polar surface area (TPSA) is 59.3 Å². The summed E-state index contributed by atoms with van der Waals surface area (Å²) in [4.78, 5) is 17.1. The standard InChI is InChI=1S/C22H17F3N4O/c1-13-6-8-15(9-7-13)18-11-19(22(23,24)25)29-20(28-18)17(12-26-29)21(30)27-16-5-3-4-14(2)10-16/h3-12H,1-2H3,(H,27,30). The number of alkyl halides is 3. The molecule has 0 aliphatic rings. The molecule has 0 bridgehead atoms. The van der Waals surface area contributed by atoms with Crippen LogP contribution in [0.25, 0.3) is 16.9 Å². The van der Waals surface area contributed by atoms with Gasteiger partial charge in [-0.15, -0.1) is 0 Å². The lowest BCUT2D eigenvalue weighted by atomic mass is 10.1. The van der Waals surface area contributed by atoms with Gasteiger partial charge in [0.15, 0.2) is 11.3 Å². The van der Waals surface area contributed by atoms with E-state index in [0.717, 1.165) is 23.4 Å². The summed E-state index contributed by atoms with van der Waals surface area (Å²) in [5.41, 5.74) is 1.86. The molecule has 2 aromatic heterocycles. The van der Waals surface area contributed by atoms with E-state index in [1.54, 1.807) is 42.5 Å². The van der Waals surface area contributed by atoms with E-state index in [1.807, 2.05) is 19.9 Å². The van der Waals surface area contributed by atoms with E-state index in [4.69, 9.17) is 0 Å². The van der Waals surface area contributed by atoms with Crippen molar-refractivity contribution in [1.29, 1.82) is 0 Å². The van der Waals surface area contributed by atoms with E-state index in [9.17, 15) is 18.0 Å². The van der Waals surface area contributed by atoms with Crippen molar-refractivity contribution in [3.8, 4) is 11.3 Å². The molecular weight excluding hydrogens is 393 g/mol. The van der Waals surface area contributed by atoms with Crippen LogP contribution in [-0.2, 0) is 6.18 Å². The first kappa shape index (κ1) is 19.6. The van der Waals surface area contributed by atoms with Gasteiger partial charge in [-0.05, 0) is 37.6 Å². The largest absolute Gasteiger partial charge is 0.433 e. The normalized spacial score (nSPS) is 11.6. The molecule has 4 rings (SSSR count). The molecule has 0 fully saturated rings. The van der Waals surface area contributed by atoms with Gasteiger partial charge < -0.3 is 5.32 Å². The monoisotopic (exact) mass is 410 g/mol. The Morgan fingerprint density at radius 2 is 1.73 bits per heavy atom. The van der Waals surface area contributed by atoms with Crippen LogP contribution in [0.5, 0.6) is 0 Å². The lowest BCUT2D eigenvalue weighted by Gasteiger charge is -2.12. The van der Waals surface area contributed by atoms with Crippen LogP contribution in [0.1, 0.15) is 27.2 Å². The van der Waals surface area contributed by atoms with Crippen LogP contribution in [0.2, 0.25) is 0 Å². The molecule has 2 aromatic carbocycles. The van der Waals surface area contributed by atoms with E-state index < -0.39 is 17.8 Å². The van der Waals surface area contributed by atoms with Gasteiger partial charge in [0.05, 0.1) is 11.9 Å². The number of fused-ring (bicyclic) bond motifs is 1. The average Bonchev–Trinajstić information content (AvgIpc) is 3.11. The highest BCUT2D eigenvalue weighted by Crippen LogP contribution is 2.33. The van der Waals surface area contributed by atoms with Crippen LogP contribution in [0.15, 0.2) is 60.8 Å². The zero-order chi connectivity index (χ0) is 21.5. The van der Waals surface area contributed by atoms with E-state index in [-0.39, 0.29) is 16.9 Å². The molecule has 0 unspecified atom stereocenters. The zero-order valence-corrected chi connectivity index (χ0v) is 16.2. The van der Waals surface area contributed by atoms with Crippen LogP contribution in [0.4, 0.5) is 18.9 Å². The minimum atomic E-state index is -4.67. The molecule has 2 heterocycles. The molecule has 8 heteroatoms. The molecule has 152 valence electrons.